The molecule has 37 heavy (non-hydrogen) atoms. The molecule has 0 fully saturated rings. The van der Waals surface area contributed by atoms with Crippen molar-refractivity contribution in [3.8, 4) is 5.88 Å². The third kappa shape index (κ3) is 6.26. The molecule has 3 heterocycles. The fourth-order valence-electron chi connectivity index (χ4n) is 3.97. The van der Waals surface area contributed by atoms with Gasteiger partial charge in [-0.1, -0.05) is 17.3 Å². The Morgan fingerprint density at radius 1 is 1.27 bits per heavy atom. The van der Waals surface area contributed by atoms with E-state index in [9.17, 15) is 26.7 Å². The number of alkyl halides is 3. The van der Waals surface area contributed by atoms with Gasteiger partial charge in [0.25, 0.3) is 11.3 Å². The van der Waals surface area contributed by atoms with Crippen molar-refractivity contribution in [3.05, 3.63) is 65.0 Å². The third-order valence-electron chi connectivity index (χ3n) is 5.89. The summed E-state index contributed by atoms with van der Waals surface area (Å²) in [6, 6.07) is 9.49. The van der Waals surface area contributed by atoms with Crippen molar-refractivity contribution < 1.29 is 40.7 Å². The number of carbonyl (C=O) groups is 1. The highest BCUT2D eigenvalue weighted by Gasteiger charge is 2.29. The molecule has 1 aromatic carbocycles. The molecule has 0 aliphatic carbocycles. The first kappa shape index (κ1) is 26.6. The zero-order valence-electron chi connectivity index (χ0n) is 19.8. The van der Waals surface area contributed by atoms with Crippen molar-refractivity contribution in [1.82, 2.24) is 15.0 Å². The number of fused-ring (bicyclic) bond motifs is 1. The Labute approximate surface area is 212 Å². The monoisotopic (exact) mass is 540 g/mol. The first-order valence-corrected chi connectivity index (χ1v) is 12.1. The van der Waals surface area contributed by atoms with E-state index >= 15 is 0 Å². The number of ether oxygens (including phenoxy) is 2. The standard InChI is InChI=1S/C23H23F3N4O6S/c1-14(16-4-6-21(27-11-16)35-13-23(24,25)26)29-8-7-15-3-5-18(9-17(15)12-29)30(37(32)33)20-10-19(36-28-20)22(31)34-2/h3-6,9-11,14H,7-8,12-13H2,1-2H3,(H,32,33). The van der Waals surface area contributed by atoms with Gasteiger partial charge in [-0.3, -0.25) is 9.45 Å². The molecule has 0 radical (unpaired) electrons. The molecule has 0 saturated heterocycles. The Kier molecular flexibility index (Phi) is 7.80. The average molecular weight is 541 g/mol. The van der Waals surface area contributed by atoms with Crippen LogP contribution in [0.4, 0.5) is 24.7 Å². The summed E-state index contributed by atoms with van der Waals surface area (Å²) < 4.78 is 74.4. The van der Waals surface area contributed by atoms with E-state index in [4.69, 9.17) is 4.52 Å². The van der Waals surface area contributed by atoms with Crippen LogP contribution in [-0.2, 0) is 29.0 Å². The quantitative estimate of drug-likeness (QED) is 0.331. The van der Waals surface area contributed by atoms with Gasteiger partial charge >= 0.3 is 12.1 Å². The first-order valence-electron chi connectivity index (χ1n) is 11.0. The molecule has 14 heteroatoms. The summed E-state index contributed by atoms with van der Waals surface area (Å²) in [5.41, 5.74) is 3.16. The number of esters is 1. The normalized spacial score (nSPS) is 15.5. The van der Waals surface area contributed by atoms with E-state index in [-0.39, 0.29) is 23.5 Å². The fraction of sp³-hybridized carbons (Fsp3) is 0.348. The summed E-state index contributed by atoms with van der Waals surface area (Å²) in [4.78, 5) is 17.8. The second-order valence-electron chi connectivity index (χ2n) is 8.25. The highest BCUT2D eigenvalue weighted by molar-refractivity contribution is 7.81. The Hall–Kier alpha value is -3.49. The number of methoxy groups -OCH3 is 1. The predicted molar refractivity (Wildman–Crippen MR) is 126 cm³/mol. The Balaban J connectivity index is 1.51. The second-order valence-corrected chi connectivity index (χ2v) is 9.08. The molecule has 4 rings (SSSR count). The number of anilines is 2. The van der Waals surface area contributed by atoms with Gasteiger partial charge in [-0.2, -0.15) is 13.2 Å². The zero-order valence-corrected chi connectivity index (χ0v) is 20.6. The minimum Gasteiger partial charge on any atom is -0.468 e. The molecule has 3 aromatic rings. The molecule has 2 aromatic heterocycles. The van der Waals surface area contributed by atoms with Gasteiger partial charge in [0.15, 0.2) is 12.4 Å². The topological polar surface area (TPSA) is 118 Å². The minimum absolute atomic E-state index is 0.0406. The molecule has 1 aliphatic heterocycles. The van der Waals surface area contributed by atoms with E-state index in [1.165, 1.54) is 25.4 Å². The first-order chi connectivity index (χ1) is 17.6. The van der Waals surface area contributed by atoms with Gasteiger partial charge in [0.05, 0.1) is 12.8 Å². The number of pyridine rings is 1. The number of carbonyl (C=O) groups excluding carboxylic acids is 1. The summed E-state index contributed by atoms with van der Waals surface area (Å²) in [6.07, 6.45) is -2.23. The summed E-state index contributed by atoms with van der Waals surface area (Å²) in [5, 5.41) is 3.72. The molecular weight excluding hydrogens is 517 g/mol. The smallest absolute Gasteiger partial charge is 0.422 e. The van der Waals surface area contributed by atoms with E-state index in [0.29, 0.717) is 12.2 Å². The van der Waals surface area contributed by atoms with Crippen molar-refractivity contribution >= 4 is 28.7 Å². The van der Waals surface area contributed by atoms with Crippen molar-refractivity contribution in [1.29, 1.82) is 0 Å². The lowest BCUT2D eigenvalue weighted by atomic mass is 9.96. The van der Waals surface area contributed by atoms with Crippen molar-refractivity contribution in [2.75, 3.05) is 24.6 Å². The summed E-state index contributed by atoms with van der Waals surface area (Å²) >= 11 is -2.51. The molecule has 10 nitrogen and oxygen atoms in total. The van der Waals surface area contributed by atoms with Gasteiger partial charge < -0.3 is 14.0 Å². The van der Waals surface area contributed by atoms with Crippen LogP contribution in [0.5, 0.6) is 5.88 Å². The van der Waals surface area contributed by atoms with Crippen molar-refractivity contribution in [2.24, 2.45) is 0 Å². The number of nitrogens with zero attached hydrogens (tertiary/aromatic N) is 4. The number of aromatic nitrogens is 2. The molecule has 0 bridgehead atoms. The fourth-order valence-corrected chi connectivity index (χ4v) is 4.51. The van der Waals surface area contributed by atoms with E-state index in [2.05, 4.69) is 24.5 Å². The molecule has 0 saturated carbocycles. The molecule has 0 spiro atoms. The molecule has 1 aliphatic rings. The summed E-state index contributed by atoms with van der Waals surface area (Å²) in [6.45, 7) is 1.78. The van der Waals surface area contributed by atoms with Crippen molar-refractivity contribution in [2.45, 2.75) is 32.1 Å². The predicted octanol–water partition coefficient (Wildman–Crippen LogP) is 4.19. The van der Waals surface area contributed by atoms with Crippen molar-refractivity contribution in [3.63, 3.8) is 0 Å². The maximum absolute atomic E-state index is 12.4. The molecule has 0 amide bonds. The Bertz CT molecular complexity index is 1280. The largest absolute Gasteiger partial charge is 0.468 e. The molecular formula is C23H23F3N4O6S. The van der Waals surface area contributed by atoms with Crippen LogP contribution in [-0.4, -0.2) is 56.2 Å². The number of hydrogen-bond acceptors (Lipinski definition) is 8. The average Bonchev–Trinajstić information content (AvgIpc) is 3.35. The van der Waals surface area contributed by atoms with Gasteiger partial charge in [0.1, 0.15) is 0 Å². The van der Waals surface area contributed by atoms with Crippen LogP contribution in [0, 0.1) is 0 Å². The number of halogens is 3. The van der Waals surface area contributed by atoms with E-state index < -0.39 is 30.0 Å². The number of rotatable bonds is 8. The lowest BCUT2D eigenvalue weighted by Gasteiger charge is -2.34. The minimum atomic E-state index is -4.44. The van der Waals surface area contributed by atoms with Crippen LogP contribution in [0.2, 0.25) is 0 Å². The van der Waals surface area contributed by atoms with Crippen LogP contribution in [0.25, 0.3) is 0 Å². The van der Waals surface area contributed by atoms with Gasteiger partial charge in [-0.15, -0.1) is 0 Å². The Morgan fingerprint density at radius 3 is 2.70 bits per heavy atom. The lowest BCUT2D eigenvalue weighted by Crippen LogP contribution is -2.33. The number of hydrogen-bond donors (Lipinski definition) is 1. The van der Waals surface area contributed by atoms with Gasteiger partial charge in [0.2, 0.25) is 11.6 Å². The Morgan fingerprint density at radius 2 is 2.05 bits per heavy atom. The zero-order chi connectivity index (χ0) is 26.7. The maximum Gasteiger partial charge on any atom is 0.422 e. The SMILES string of the molecule is COC(=O)c1cc(N(c2ccc3c(c2)CN(C(C)c2ccc(OCC(F)(F)F)nc2)CC3)S(=O)O)no1. The molecule has 2 unspecified atom stereocenters. The van der Waals surface area contributed by atoms with Crippen LogP contribution in [0.3, 0.4) is 0 Å². The molecule has 198 valence electrons. The molecule has 2 atom stereocenters. The third-order valence-corrected chi connectivity index (χ3v) is 6.60. The highest BCUT2D eigenvalue weighted by Crippen LogP contribution is 2.33. The number of benzene rings is 1. The molecule has 1 N–H and O–H groups in total. The van der Waals surface area contributed by atoms with Gasteiger partial charge in [-0.25, -0.2) is 18.3 Å². The summed E-state index contributed by atoms with van der Waals surface area (Å²) in [5.74, 6) is -1.13. The van der Waals surface area contributed by atoms with Crippen LogP contribution in [0.15, 0.2) is 47.1 Å². The van der Waals surface area contributed by atoms with Crippen LogP contribution >= 0.6 is 0 Å². The second kappa shape index (κ2) is 10.9. The summed E-state index contributed by atoms with van der Waals surface area (Å²) in [7, 11) is 1.18. The highest BCUT2D eigenvalue weighted by atomic mass is 32.2. The van der Waals surface area contributed by atoms with Crippen LogP contribution in [0.1, 0.15) is 40.2 Å². The lowest BCUT2D eigenvalue weighted by molar-refractivity contribution is -0.154. The van der Waals surface area contributed by atoms with Crippen LogP contribution < -0.4 is 9.04 Å². The van der Waals surface area contributed by atoms with E-state index in [1.54, 1.807) is 18.2 Å². The van der Waals surface area contributed by atoms with E-state index in [1.807, 2.05) is 13.0 Å². The van der Waals surface area contributed by atoms with Gasteiger partial charge in [0, 0.05) is 37.5 Å². The van der Waals surface area contributed by atoms with Gasteiger partial charge in [-0.05, 0) is 42.2 Å². The maximum atomic E-state index is 12.4. The van der Waals surface area contributed by atoms with E-state index in [0.717, 1.165) is 34.0 Å².